The zero-order valence-corrected chi connectivity index (χ0v) is 21.6. The number of carbonyl (C=O) groups is 1. The summed E-state index contributed by atoms with van der Waals surface area (Å²) in [6.45, 7) is 2.71. The Labute approximate surface area is 214 Å². The number of nitrogens with zero attached hydrogens (tertiary/aromatic N) is 3. The van der Waals surface area contributed by atoms with E-state index in [1.54, 1.807) is 4.90 Å². The van der Waals surface area contributed by atoms with Crippen LogP contribution in [0.25, 0.3) is 0 Å². The first-order chi connectivity index (χ1) is 17.6. The number of fused-ring (bicyclic) bond motifs is 2. The van der Waals surface area contributed by atoms with Gasteiger partial charge in [-0.2, -0.15) is 4.98 Å². The van der Waals surface area contributed by atoms with Crippen LogP contribution in [0.2, 0.25) is 0 Å². The zero-order valence-electron chi connectivity index (χ0n) is 20.8. The van der Waals surface area contributed by atoms with Gasteiger partial charge in [-0.1, -0.05) is 0 Å². The Morgan fingerprint density at radius 2 is 1.92 bits per heavy atom. The van der Waals surface area contributed by atoms with Gasteiger partial charge in [0, 0.05) is 19.1 Å². The molecule has 1 aromatic heterocycles. The van der Waals surface area contributed by atoms with Gasteiger partial charge in [-0.25, -0.2) is 22.6 Å². The highest BCUT2D eigenvalue weighted by Crippen LogP contribution is 2.41. The number of benzene rings is 1. The van der Waals surface area contributed by atoms with Crippen molar-refractivity contribution in [2.24, 2.45) is 0 Å². The zero-order chi connectivity index (χ0) is 26.4. The number of rotatable bonds is 7. The summed E-state index contributed by atoms with van der Waals surface area (Å²) < 4.78 is 61.1. The van der Waals surface area contributed by atoms with E-state index in [4.69, 9.17) is 18.9 Å². The Morgan fingerprint density at radius 3 is 2.51 bits per heavy atom. The third kappa shape index (κ3) is 5.42. The molecule has 2 atom stereocenters. The van der Waals surface area contributed by atoms with Gasteiger partial charge in [-0.3, -0.25) is 4.90 Å². The van der Waals surface area contributed by atoms with E-state index in [0.717, 1.165) is 25.2 Å². The third-order valence-corrected chi connectivity index (χ3v) is 7.96. The van der Waals surface area contributed by atoms with E-state index in [1.165, 1.54) is 25.6 Å². The first-order valence-corrected chi connectivity index (χ1v) is 13.9. The van der Waals surface area contributed by atoms with Crippen molar-refractivity contribution in [3.8, 4) is 11.6 Å². The van der Waals surface area contributed by atoms with Gasteiger partial charge in [0.2, 0.25) is 5.75 Å². The van der Waals surface area contributed by atoms with Crippen LogP contribution in [-0.4, -0.2) is 79.7 Å². The molecule has 1 amide bonds. The fourth-order valence-electron chi connectivity index (χ4n) is 4.63. The summed E-state index contributed by atoms with van der Waals surface area (Å²) in [7, 11) is -2.14. The molecular formula is C24H29FN4O7S. The number of amides is 1. The average Bonchev–Trinajstić information content (AvgIpc) is 3.55. The van der Waals surface area contributed by atoms with Crippen LogP contribution in [0.15, 0.2) is 29.4 Å². The SMILES string of the molecule is COc1c(Nc2ccc(S(C)(=O)=O)cc2F)ncnc1OC1C[C@@H]2COC[C@@H](C1)N2C(=O)OC1(C)CC1. The maximum atomic E-state index is 14.6. The Morgan fingerprint density at radius 1 is 1.22 bits per heavy atom. The smallest absolute Gasteiger partial charge is 0.410 e. The van der Waals surface area contributed by atoms with E-state index in [0.29, 0.717) is 26.1 Å². The summed E-state index contributed by atoms with van der Waals surface area (Å²) in [4.78, 5) is 22.8. The van der Waals surface area contributed by atoms with Crippen LogP contribution in [0.1, 0.15) is 32.6 Å². The standard InChI is InChI=1S/C24H29FN4O7S/c1-24(6-7-24)36-23(30)29-14-8-16(9-15(29)12-34-11-14)35-22-20(33-2)21(26-13-27-22)28-19-5-4-17(10-18(19)25)37(3,31)32/h4-5,10,13-16H,6-9,11-12H2,1-3H3,(H,26,27,28)/t14-,15-/m1/s1. The lowest BCUT2D eigenvalue weighted by atomic mass is 9.92. The maximum Gasteiger partial charge on any atom is 0.410 e. The molecule has 2 aromatic rings. The lowest BCUT2D eigenvalue weighted by Gasteiger charge is -2.47. The molecule has 200 valence electrons. The van der Waals surface area contributed by atoms with Crippen molar-refractivity contribution in [1.82, 2.24) is 14.9 Å². The number of hydrogen-bond donors (Lipinski definition) is 1. The van der Waals surface area contributed by atoms with Crippen LogP contribution < -0.4 is 14.8 Å². The number of anilines is 2. The molecule has 3 fully saturated rings. The number of ether oxygens (including phenoxy) is 4. The summed E-state index contributed by atoms with van der Waals surface area (Å²) >= 11 is 0. The molecule has 1 aromatic carbocycles. The number of halogens is 1. The van der Waals surface area contributed by atoms with E-state index in [-0.39, 0.29) is 57.9 Å². The maximum absolute atomic E-state index is 14.6. The second-order valence-corrected chi connectivity index (χ2v) is 11.9. The molecule has 37 heavy (non-hydrogen) atoms. The van der Waals surface area contributed by atoms with Crippen molar-refractivity contribution in [1.29, 1.82) is 0 Å². The summed E-state index contributed by atoms with van der Waals surface area (Å²) in [6, 6.07) is 3.16. The van der Waals surface area contributed by atoms with Crippen LogP contribution in [0.3, 0.4) is 0 Å². The molecule has 2 saturated heterocycles. The molecule has 3 heterocycles. The van der Waals surface area contributed by atoms with E-state index >= 15 is 0 Å². The fourth-order valence-corrected chi connectivity index (χ4v) is 5.26. The van der Waals surface area contributed by atoms with Crippen molar-refractivity contribution in [2.75, 3.05) is 31.9 Å². The second kappa shape index (κ2) is 9.60. The molecule has 2 bridgehead atoms. The molecule has 1 aliphatic carbocycles. The molecule has 3 aliphatic rings. The summed E-state index contributed by atoms with van der Waals surface area (Å²) in [5, 5.41) is 2.82. The molecule has 13 heteroatoms. The van der Waals surface area contributed by atoms with Crippen molar-refractivity contribution >= 4 is 27.4 Å². The predicted octanol–water partition coefficient (Wildman–Crippen LogP) is 3.07. The lowest BCUT2D eigenvalue weighted by Crippen LogP contribution is -2.61. The minimum atomic E-state index is -3.55. The summed E-state index contributed by atoms with van der Waals surface area (Å²) in [5.74, 6) is -0.281. The van der Waals surface area contributed by atoms with Crippen molar-refractivity contribution < 1.29 is 36.6 Å². The summed E-state index contributed by atoms with van der Waals surface area (Å²) in [6.07, 6.45) is 4.45. The molecule has 5 rings (SSSR count). The highest BCUT2D eigenvalue weighted by Gasteiger charge is 2.48. The number of hydrogen-bond acceptors (Lipinski definition) is 10. The van der Waals surface area contributed by atoms with Gasteiger partial charge < -0.3 is 24.3 Å². The monoisotopic (exact) mass is 536 g/mol. The van der Waals surface area contributed by atoms with E-state index in [9.17, 15) is 17.6 Å². The Hall–Kier alpha value is -3.19. The van der Waals surface area contributed by atoms with Crippen LogP contribution >= 0.6 is 0 Å². The molecule has 0 radical (unpaired) electrons. The molecule has 1 saturated carbocycles. The van der Waals surface area contributed by atoms with Crippen LogP contribution in [0.5, 0.6) is 11.6 Å². The van der Waals surface area contributed by atoms with Crippen LogP contribution in [0.4, 0.5) is 20.7 Å². The number of morpholine rings is 1. The van der Waals surface area contributed by atoms with Gasteiger partial charge in [0.15, 0.2) is 15.7 Å². The number of aromatic nitrogens is 2. The topological polar surface area (TPSA) is 129 Å². The molecule has 11 nitrogen and oxygen atoms in total. The van der Waals surface area contributed by atoms with Gasteiger partial charge in [0.25, 0.3) is 5.88 Å². The largest absolute Gasteiger partial charge is 0.489 e. The second-order valence-electron chi connectivity index (χ2n) is 9.88. The number of carbonyl (C=O) groups excluding carboxylic acids is 1. The number of nitrogens with one attached hydrogen (secondary N) is 1. The molecular weight excluding hydrogens is 507 g/mol. The highest BCUT2D eigenvalue weighted by molar-refractivity contribution is 7.90. The molecule has 0 unspecified atom stereocenters. The van der Waals surface area contributed by atoms with Gasteiger partial charge in [-0.15, -0.1) is 0 Å². The van der Waals surface area contributed by atoms with Crippen LogP contribution in [-0.2, 0) is 19.3 Å². The summed E-state index contributed by atoms with van der Waals surface area (Å²) in [5.41, 5.74) is -0.347. The Balaban J connectivity index is 1.31. The molecule has 2 aliphatic heterocycles. The van der Waals surface area contributed by atoms with Crippen LogP contribution in [0, 0.1) is 5.82 Å². The van der Waals surface area contributed by atoms with E-state index < -0.39 is 15.7 Å². The Bertz CT molecular complexity index is 1290. The number of piperidine rings is 1. The Kier molecular flexibility index (Phi) is 6.61. The van der Waals surface area contributed by atoms with Crippen molar-refractivity contribution in [2.45, 2.75) is 61.3 Å². The lowest BCUT2D eigenvalue weighted by molar-refractivity contribution is -0.0957. The first-order valence-electron chi connectivity index (χ1n) is 12.0. The van der Waals surface area contributed by atoms with Crippen molar-refractivity contribution in [3.63, 3.8) is 0 Å². The quantitative estimate of drug-likeness (QED) is 0.564. The number of methoxy groups -OCH3 is 1. The van der Waals surface area contributed by atoms with Gasteiger partial charge in [-0.05, 0) is 38.0 Å². The highest BCUT2D eigenvalue weighted by atomic mass is 32.2. The van der Waals surface area contributed by atoms with Crippen molar-refractivity contribution in [3.05, 3.63) is 30.3 Å². The van der Waals surface area contributed by atoms with Gasteiger partial charge >= 0.3 is 6.09 Å². The third-order valence-electron chi connectivity index (χ3n) is 6.85. The average molecular weight is 537 g/mol. The minimum absolute atomic E-state index is 0.0122. The minimum Gasteiger partial charge on any atom is -0.489 e. The number of sulfone groups is 1. The van der Waals surface area contributed by atoms with Gasteiger partial charge in [0.1, 0.15) is 23.8 Å². The molecule has 0 spiro atoms. The van der Waals surface area contributed by atoms with Gasteiger partial charge in [0.05, 0.1) is 43.0 Å². The predicted molar refractivity (Wildman–Crippen MR) is 129 cm³/mol. The normalized spacial score (nSPS) is 24.2. The molecule has 1 N–H and O–H groups in total. The van der Waals surface area contributed by atoms with E-state index in [1.807, 2.05) is 6.92 Å². The van der Waals surface area contributed by atoms with E-state index in [2.05, 4.69) is 15.3 Å². The fraction of sp³-hybridized carbons (Fsp3) is 0.542. The first kappa shape index (κ1) is 25.5.